The van der Waals surface area contributed by atoms with Crippen molar-refractivity contribution in [3.05, 3.63) is 153 Å². The van der Waals surface area contributed by atoms with Gasteiger partial charge in [0, 0.05) is 115 Å². The van der Waals surface area contributed by atoms with Crippen LogP contribution in [0.25, 0.3) is 0 Å². The quantitative estimate of drug-likeness (QED) is 0.0221. The van der Waals surface area contributed by atoms with E-state index in [-0.39, 0.29) is 42.4 Å². The molecule has 544 valence electrons. The first-order valence-corrected chi connectivity index (χ1v) is 39.2. The Morgan fingerprint density at radius 2 is 0.529 bits per heavy atom. The number of carbonyl (C=O) groups excluding carboxylic acids is 4. The first-order chi connectivity index (χ1) is 49.5. The van der Waals surface area contributed by atoms with Crippen LogP contribution in [0.2, 0.25) is 0 Å². The Kier molecular flexibility index (Phi) is 23.2. The molecule has 9 aliphatic carbocycles. The van der Waals surface area contributed by atoms with E-state index in [0.717, 1.165) is 171 Å². The van der Waals surface area contributed by atoms with Gasteiger partial charge in [-0.15, -0.1) is 0 Å². The summed E-state index contributed by atoms with van der Waals surface area (Å²) in [6.07, 6.45) is 25.9. The Morgan fingerprint density at radius 3 is 0.755 bits per heavy atom. The molecule has 0 saturated heterocycles. The maximum Gasteiger partial charge on any atom is 0.323 e. The molecule has 0 unspecified atom stereocenters. The first-order valence-electron chi connectivity index (χ1n) is 39.2. The Hall–Kier alpha value is -8.40. The van der Waals surface area contributed by atoms with Crippen molar-refractivity contribution in [2.75, 3.05) is 58.3 Å². The Labute approximate surface area is 605 Å². The normalized spacial score (nSPS) is 22.5. The van der Waals surface area contributed by atoms with Gasteiger partial charge in [0.2, 0.25) is 0 Å². The van der Waals surface area contributed by atoms with Gasteiger partial charge < -0.3 is 61.5 Å². The van der Waals surface area contributed by atoms with E-state index < -0.39 is 12.1 Å². The monoisotopic (exact) mass is 1380 g/mol. The van der Waals surface area contributed by atoms with Crippen LogP contribution in [0.15, 0.2) is 97.1 Å². The maximum absolute atomic E-state index is 15.1. The van der Waals surface area contributed by atoms with Crippen LogP contribution >= 0.6 is 0 Å². The summed E-state index contributed by atoms with van der Waals surface area (Å²) in [5.41, 5.74) is 11.9. The van der Waals surface area contributed by atoms with Crippen molar-refractivity contribution < 1.29 is 38.1 Å². The number of carbonyl (C=O) groups is 4. The van der Waals surface area contributed by atoms with Gasteiger partial charge in [0.25, 0.3) is 0 Å². The number of rotatable bonds is 28. The third kappa shape index (κ3) is 18.1. The van der Waals surface area contributed by atoms with Crippen LogP contribution in [0.1, 0.15) is 237 Å². The van der Waals surface area contributed by atoms with Gasteiger partial charge >= 0.3 is 24.1 Å². The topological polar surface area (TPSA) is 201 Å². The minimum Gasteiger partial charge on any atom is -0.493 e. The van der Waals surface area contributed by atoms with Crippen LogP contribution in [0, 0.1) is 49.4 Å². The van der Waals surface area contributed by atoms with Crippen molar-refractivity contribution in [3.63, 3.8) is 0 Å². The van der Waals surface area contributed by atoms with E-state index >= 15 is 9.59 Å². The van der Waals surface area contributed by atoms with Crippen LogP contribution < -0.4 is 61.5 Å². The molecule has 0 radical (unpaired) electrons. The van der Waals surface area contributed by atoms with Crippen molar-refractivity contribution in [2.45, 2.75) is 232 Å². The zero-order valence-corrected chi connectivity index (χ0v) is 61.6. The summed E-state index contributed by atoms with van der Waals surface area (Å²) in [4.78, 5) is 59.1. The van der Waals surface area contributed by atoms with Gasteiger partial charge in [-0.3, -0.25) is 0 Å². The van der Waals surface area contributed by atoms with Crippen molar-refractivity contribution in [3.8, 4) is 23.0 Å². The zero-order chi connectivity index (χ0) is 70.7. The molecule has 0 heterocycles. The van der Waals surface area contributed by atoms with E-state index in [0.29, 0.717) is 125 Å². The molecule has 8 saturated carbocycles. The fourth-order valence-corrected chi connectivity index (χ4v) is 19.2. The fourth-order valence-electron chi connectivity index (χ4n) is 19.2. The number of unbranched alkanes of at least 4 members (excludes halogenated alkanes) is 8. The number of hydrogen-bond acceptors (Lipinski definition) is 8. The molecule has 16 bridgehead atoms. The van der Waals surface area contributed by atoms with Gasteiger partial charge in [-0.05, 0) is 225 Å². The molecule has 16 nitrogen and oxygen atoms in total. The van der Waals surface area contributed by atoms with E-state index in [4.69, 9.17) is 18.9 Å². The number of fused-ring (bicyclic) bond motifs is 8. The van der Waals surface area contributed by atoms with Crippen LogP contribution in [-0.2, 0) is 25.7 Å². The van der Waals surface area contributed by atoms with Crippen molar-refractivity contribution in [2.24, 2.45) is 35.5 Å². The van der Waals surface area contributed by atoms with Gasteiger partial charge in [0.15, 0.2) is 0 Å². The number of benzene rings is 6. The maximum atomic E-state index is 15.1. The molecule has 102 heavy (non-hydrogen) atoms. The first kappa shape index (κ1) is 72.0. The lowest BCUT2D eigenvalue weighted by molar-refractivity contribution is -0.0130. The highest BCUT2D eigenvalue weighted by molar-refractivity contribution is 6.01. The largest absolute Gasteiger partial charge is 0.493 e. The fraction of sp³-hybridized carbons (Fsp3) is 0.535. The van der Waals surface area contributed by atoms with Gasteiger partial charge in [-0.1, -0.05) is 114 Å². The Morgan fingerprint density at radius 1 is 0.314 bits per heavy atom. The molecule has 0 spiro atoms. The number of urea groups is 4. The summed E-state index contributed by atoms with van der Waals surface area (Å²) in [6, 6.07) is 30.7. The highest BCUT2D eigenvalue weighted by atomic mass is 16.5. The highest BCUT2D eigenvalue weighted by Gasteiger charge is 2.53. The number of hydrogen-bond donors (Lipinski definition) is 8. The Bertz CT molecular complexity index is 3620. The molecule has 8 amide bonds. The summed E-state index contributed by atoms with van der Waals surface area (Å²) >= 11 is 0. The summed E-state index contributed by atoms with van der Waals surface area (Å²) in [5.74, 6) is 6.57. The lowest BCUT2D eigenvalue weighted by Gasteiger charge is -2.56. The summed E-state index contributed by atoms with van der Waals surface area (Å²) in [5, 5.41) is 26.8. The van der Waals surface area contributed by atoms with E-state index in [1.165, 1.54) is 38.5 Å². The van der Waals surface area contributed by atoms with Crippen molar-refractivity contribution in [1.82, 2.24) is 10.6 Å². The molecule has 8 N–H and O–H groups in total. The average molecular weight is 1390 g/mol. The molecule has 15 rings (SSSR count). The number of amides is 8. The van der Waals surface area contributed by atoms with E-state index in [9.17, 15) is 9.59 Å². The molecule has 6 aromatic rings. The lowest BCUT2D eigenvalue weighted by Crippen LogP contribution is -2.60. The molecule has 0 atom stereocenters. The Balaban J connectivity index is 1.01. The smallest absolute Gasteiger partial charge is 0.323 e. The van der Waals surface area contributed by atoms with Crippen molar-refractivity contribution >= 4 is 58.2 Å². The summed E-state index contributed by atoms with van der Waals surface area (Å²) in [6.45, 7) is 14.6. The lowest BCUT2D eigenvalue weighted by atomic mass is 9.53. The zero-order valence-electron chi connectivity index (χ0n) is 61.6. The molecule has 9 aliphatic rings. The SMILES string of the molecule is CCCCCOc1c2cc(NC(=O)Nc3ccc(C)cc3)cc1Cc1cc(NC(=O)NC34CC5CC(CC(C5)C3)C4)cc(c1OCCCCC)Cc1cc(NC(=O)NC34CC5CC(CC(C5)C3)C4)cc(c1OCCCCC)Cc1cc(NC(=O)Nc3ccc(C)cc3)cc(c1OCCCCC)C2. The summed E-state index contributed by atoms with van der Waals surface area (Å²) < 4.78 is 29.0. The summed E-state index contributed by atoms with van der Waals surface area (Å²) in [7, 11) is 0. The molecule has 8 fully saturated rings. The molecule has 0 aromatic heterocycles. The standard InChI is InChI=1S/C86H112N8O8/c1-7-11-15-27-99-77-63-37-64-42-74(90-82(96)88-72-25-21-56(6)22-26-72)44-66(78(64)100-28-16-12-8-2)39-68-46-76(92-84(98)94-86-52-60-34-61(53-86)36-62(35-60)54-86)48-70(80(68)102-30-18-14-10-4)40-69-47-75(91-83(97)93-85-49-57-31-58(50-85)33-59(32-57)51-85)45-67(79(69)101-29-17-13-9-3)38-65(77)43-73(41-63)89-81(95)87-71-23-19-55(5)20-24-71/h19-26,41-48,57-62H,7-18,27-40,49-54H2,1-6H3,(H2,87,89,95)(H2,88,90,96)(H2,91,93,97)(H2,92,94,98). The molecule has 6 aromatic carbocycles. The van der Waals surface area contributed by atoms with Gasteiger partial charge in [0.05, 0.1) is 26.4 Å². The second kappa shape index (κ2) is 32.9. The van der Waals surface area contributed by atoms with Crippen LogP contribution in [0.4, 0.5) is 53.3 Å². The third-order valence-electron chi connectivity index (χ3n) is 23.0. The van der Waals surface area contributed by atoms with E-state index in [2.05, 4.69) is 94.5 Å². The third-order valence-corrected chi connectivity index (χ3v) is 23.0. The van der Waals surface area contributed by atoms with Gasteiger partial charge in [0.1, 0.15) is 23.0 Å². The number of anilines is 6. The van der Waals surface area contributed by atoms with Crippen molar-refractivity contribution in [1.29, 1.82) is 0 Å². The average Bonchev–Trinajstić information content (AvgIpc) is 0.759. The molecular formula is C86H112N8O8. The van der Waals surface area contributed by atoms with E-state index in [1.807, 2.05) is 86.6 Å². The molecular weight excluding hydrogens is 1270 g/mol. The number of nitrogens with one attached hydrogen (secondary N) is 8. The predicted octanol–water partition coefficient (Wildman–Crippen LogP) is 20.7. The van der Waals surface area contributed by atoms with Crippen LogP contribution in [0.5, 0.6) is 23.0 Å². The number of ether oxygens (including phenoxy) is 4. The molecule has 16 heteroatoms. The van der Waals surface area contributed by atoms with Crippen LogP contribution in [0.3, 0.4) is 0 Å². The van der Waals surface area contributed by atoms with Gasteiger partial charge in [-0.2, -0.15) is 0 Å². The van der Waals surface area contributed by atoms with Crippen LogP contribution in [-0.4, -0.2) is 61.6 Å². The predicted molar refractivity (Wildman–Crippen MR) is 411 cm³/mol. The second-order valence-electron chi connectivity index (χ2n) is 31.9. The van der Waals surface area contributed by atoms with Gasteiger partial charge in [-0.25, -0.2) is 19.2 Å². The minimum absolute atomic E-state index is 0.213. The highest BCUT2D eigenvalue weighted by Crippen LogP contribution is 2.57. The molecule has 0 aliphatic heterocycles. The number of aryl methyl sites for hydroxylation is 2. The second-order valence-corrected chi connectivity index (χ2v) is 31.9. The van der Waals surface area contributed by atoms with E-state index in [1.54, 1.807) is 0 Å². The minimum atomic E-state index is -0.408.